The Kier molecular flexibility index (Phi) is 3.19. The minimum absolute atomic E-state index is 0.612. The summed E-state index contributed by atoms with van der Waals surface area (Å²) >= 11 is 3.57. The number of benzene rings is 1. The zero-order valence-corrected chi connectivity index (χ0v) is 12.4. The lowest BCUT2D eigenvalue weighted by Gasteiger charge is -2.34. The Balaban J connectivity index is 2.10. The maximum Gasteiger partial charge on any atom is 0.147 e. The highest BCUT2D eigenvalue weighted by molar-refractivity contribution is 9.10. The Hall–Kier alpha value is -1.55. The van der Waals surface area contributed by atoms with Gasteiger partial charge in [-0.1, -0.05) is 25.1 Å². The van der Waals surface area contributed by atoms with Crippen molar-refractivity contribution in [3.8, 4) is 0 Å². The predicted octanol–water partition coefficient (Wildman–Crippen LogP) is 3.76. The Morgan fingerprint density at radius 3 is 2.95 bits per heavy atom. The number of nitrogen functional groups attached to an aromatic ring is 1. The van der Waals surface area contributed by atoms with Gasteiger partial charge >= 0.3 is 0 Å². The zero-order chi connectivity index (χ0) is 13.4. The molecule has 1 atom stereocenters. The van der Waals surface area contributed by atoms with E-state index in [-0.39, 0.29) is 0 Å². The van der Waals surface area contributed by atoms with Crippen LogP contribution in [0.4, 0.5) is 17.2 Å². The standard InChI is InChI=1S/C15H16BrN3/c1-10-6-11-4-2-3-5-14(11)19(9-10)15-13(16)7-12(17)8-18-15/h2-5,7-8,10H,6,9,17H2,1H3. The number of pyridine rings is 1. The van der Waals surface area contributed by atoms with Gasteiger partial charge in [-0.15, -0.1) is 0 Å². The minimum Gasteiger partial charge on any atom is -0.397 e. The monoisotopic (exact) mass is 317 g/mol. The Labute approximate surface area is 121 Å². The number of anilines is 3. The van der Waals surface area contributed by atoms with Crippen molar-refractivity contribution >= 4 is 33.1 Å². The highest BCUT2D eigenvalue weighted by Crippen LogP contribution is 2.37. The number of hydrogen-bond donors (Lipinski definition) is 1. The molecule has 0 saturated heterocycles. The minimum atomic E-state index is 0.612. The fourth-order valence-corrected chi connectivity index (χ4v) is 3.22. The average molecular weight is 318 g/mol. The van der Waals surface area contributed by atoms with Gasteiger partial charge in [-0.3, -0.25) is 0 Å². The molecule has 1 aliphatic heterocycles. The molecule has 0 radical (unpaired) electrons. The van der Waals surface area contributed by atoms with Gasteiger partial charge in [0.1, 0.15) is 5.82 Å². The first kappa shape index (κ1) is 12.5. The molecular formula is C15H16BrN3. The number of aromatic nitrogens is 1. The topological polar surface area (TPSA) is 42.2 Å². The summed E-state index contributed by atoms with van der Waals surface area (Å²) in [6.45, 7) is 3.25. The third-order valence-electron chi connectivity index (χ3n) is 3.44. The predicted molar refractivity (Wildman–Crippen MR) is 82.7 cm³/mol. The van der Waals surface area contributed by atoms with Crippen LogP contribution in [0.1, 0.15) is 12.5 Å². The number of rotatable bonds is 1. The number of nitrogens with zero attached hydrogens (tertiary/aromatic N) is 2. The molecule has 0 aliphatic carbocycles. The molecule has 0 amide bonds. The first-order valence-electron chi connectivity index (χ1n) is 6.41. The molecule has 3 nitrogen and oxygen atoms in total. The van der Waals surface area contributed by atoms with Gasteiger partial charge in [-0.05, 0) is 46.0 Å². The highest BCUT2D eigenvalue weighted by Gasteiger charge is 2.24. The van der Waals surface area contributed by atoms with Crippen LogP contribution in [0.5, 0.6) is 0 Å². The summed E-state index contributed by atoms with van der Waals surface area (Å²) < 4.78 is 0.941. The summed E-state index contributed by atoms with van der Waals surface area (Å²) in [4.78, 5) is 6.76. The molecule has 0 fully saturated rings. The molecule has 0 bridgehead atoms. The number of hydrogen-bond acceptors (Lipinski definition) is 3. The second kappa shape index (κ2) is 4.85. The number of para-hydroxylation sites is 1. The summed E-state index contributed by atoms with van der Waals surface area (Å²) in [5.41, 5.74) is 9.07. The maximum atomic E-state index is 5.77. The molecule has 2 aromatic rings. The van der Waals surface area contributed by atoms with Gasteiger partial charge < -0.3 is 10.6 Å². The van der Waals surface area contributed by atoms with Gasteiger partial charge in [-0.2, -0.15) is 0 Å². The van der Waals surface area contributed by atoms with Crippen molar-refractivity contribution in [2.45, 2.75) is 13.3 Å². The Morgan fingerprint density at radius 2 is 2.16 bits per heavy atom. The summed E-state index contributed by atoms with van der Waals surface area (Å²) in [6, 6.07) is 10.4. The zero-order valence-electron chi connectivity index (χ0n) is 10.8. The van der Waals surface area contributed by atoms with E-state index < -0.39 is 0 Å². The van der Waals surface area contributed by atoms with E-state index in [9.17, 15) is 0 Å². The highest BCUT2D eigenvalue weighted by atomic mass is 79.9. The maximum absolute atomic E-state index is 5.77. The smallest absolute Gasteiger partial charge is 0.147 e. The second-order valence-corrected chi connectivity index (χ2v) is 5.98. The number of halogens is 1. The van der Waals surface area contributed by atoms with Crippen molar-refractivity contribution in [3.05, 3.63) is 46.6 Å². The first-order chi connectivity index (χ1) is 9.15. The van der Waals surface area contributed by atoms with Crippen LogP contribution in [0.25, 0.3) is 0 Å². The van der Waals surface area contributed by atoms with Crippen LogP contribution in [0.15, 0.2) is 41.0 Å². The van der Waals surface area contributed by atoms with E-state index in [1.165, 1.54) is 11.3 Å². The van der Waals surface area contributed by atoms with Crippen molar-refractivity contribution in [2.24, 2.45) is 5.92 Å². The molecule has 0 saturated carbocycles. The van der Waals surface area contributed by atoms with Gasteiger partial charge in [0.05, 0.1) is 16.4 Å². The fourth-order valence-electron chi connectivity index (χ4n) is 2.64. The summed E-state index contributed by atoms with van der Waals surface area (Å²) in [5.74, 6) is 1.55. The largest absolute Gasteiger partial charge is 0.397 e. The van der Waals surface area contributed by atoms with Crippen LogP contribution in [0.3, 0.4) is 0 Å². The fraction of sp³-hybridized carbons (Fsp3) is 0.267. The Morgan fingerprint density at radius 1 is 1.37 bits per heavy atom. The molecule has 19 heavy (non-hydrogen) atoms. The van der Waals surface area contributed by atoms with E-state index in [4.69, 9.17) is 5.73 Å². The van der Waals surface area contributed by atoms with E-state index in [2.05, 4.69) is 57.0 Å². The van der Waals surface area contributed by atoms with Crippen LogP contribution >= 0.6 is 15.9 Å². The lowest BCUT2D eigenvalue weighted by Crippen LogP contribution is -2.31. The molecule has 3 rings (SSSR count). The van der Waals surface area contributed by atoms with Gasteiger partial charge in [0.2, 0.25) is 0 Å². The third-order valence-corrected chi connectivity index (χ3v) is 4.03. The molecule has 2 N–H and O–H groups in total. The summed E-state index contributed by atoms with van der Waals surface area (Å²) in [7, 11) is 0. The van der Waals surface area contributed by atoms with E-state index in [0.717, 1.165) is 23.3 Å². The first-order valence-corrected chi connectivity index (χ1v) is 7.21. The quantitative estimate of drug-likeness (QED) is 0.870. The van der Waals surface area contributed by atoms with Crippen LogP contribution in [0, 0.1) is 5.92 Å². The third kappa shape index (κ3) is 2.32. The van der Waals surface area contributed by atoms with Gasteiger partial charge in [0.25, 0.3) is 0 Å². The molecule has 1 aromatic heterocycles. The SMILES string of the molecule is CC1Cc2ccccc2N(c2ncc(N)cc2Br)C1. The van der Waals surface area contributed by atoms with Crippen LogP contribution in [-0.4, -0.2) is 11.5 Å². The van der Waals surface area contributed by atoms with Crippen LogP contribution in [-0.2, 0) is 6.42 Å². The van der Waals surface area contributed by atoms with E-state index in [1.807, 2.05) is 6.07 Å². The molecule has 0 spiro atoms. The number of fused-ring (bicyclic) bond motifs is 1. The van der Waals surface area contributed by atoms with Crippen molar-refractivity contribution < 1.29 is 0 Å². The van der Waals surface area contributed by atoms with Crippen LogP contribution in [0.2, 0.25) is 0 Å². The molecule has 1 unspecified atom stereocenters. The van der Waals surface area contributed by atoms with Crippen molar-refractivity contribution in [2.75, 3.05) is 17.2 Å². The second-order valence-electron chi connectivity index (χ2n) is 5.12. The van der Waals surface area contributed by atoms with E-state index in [1.54, 1.807) is 6.20 Å². The van der Waals surface area contributed by atoms with Crippen molar-refractivity contribution in [1.29, 1.82) is 0 Å². The molecule has 1 aromatic carbocycles. The summed E-state index contributed by atoms with van der Waals surface area (Å²) in [5, 5.41) is 0. The molecular weight excluding hydrogens is 302 g/mol. The normalized spacial score (nSPS) is 18.2. The van der Waals surface area contributed by atoms with Crippen LogP contribution < -0.4 is 10.6 Å². The van der Waals surface area contributed by atoms with Crippen molar-refractivity contribution in [1.82, 2.24) is 4.98 Å². The van der Waals surface area contributed by atoms with E-state index >= 15 is 0 Å². The van der Waals surface area contributed by atoms with Crippen molar-refractivity contribution in [3.63, 3.8) is 0 Å². The Bertz CT molecular complexity index is 612. The lowest BCUT2D eigenvalue weighted by atomic mass is 9.94. The van der Waals surface area contributed by atoms with Gasteiger partial charge in [-0.25, -0.2) is 4.98 Å². The van der Waals surface area contributed by atoms with Gasteiger partial charge in [0.15, 0.2) is 0 Å². The average Bonchev–Trinajstić information content (AvgIpc) is 2.38. The molecule has 98 valence electrons. The molecule has 2 heterocycles. The summed E-state index contributed by atoms with van der Waals surface area (Å²) in [6.07, 6.45) is 2.83. The number of nitrogens with two attached hydrogens (primary N) is 1. The van der Waals surface area contributed by atoms with Gasteiger partial charge in [0, 0.05) is 12.2 Å². The molecule has 4 heteroatoms. The molecule has 1 aliphatic rings. The lowest BCUT2D eigenvalue weighted by molar-refractivity contribution is 0.560. The van der Waals surface area contributed by atoms with E-state index in [0.29, 0.717) is 11.6 Å².